The SMILES string of the molecule is Cn1nc(C(=O)N2CCCCCC2)c2c1CCN(C(=O)OC(C)(C)C)C2. The summed E-state index contributed by atoms with van der Waals surface area (Å²) in [6, 6.07) is 0. The van der Waals surface area contributed by atoms with Gasteiger partial charge in [0.05, 0.1) is 6.54 Å². The maximum atomic E-state index is 13.1. The number of likely N-dealkylation sites (tertiary alicyclic amines) is 1. The van der Waals surface area contributed by atoms with Gasteiger partial charge in [0.15, 0.2) is 5.69 Å². The summed E-state index contributed by atoms with van der Waals surface area (Å²) in [4.78, 5) is 29.1. The second-order valence-electron chi connectivity index (χ2n) is 8.26. The zero-order valence-corrected chi connectivity index (χ0v) is 16.4. The highest BCUT2D eigenvalue weighted by molar-refractivity contribution is 5.94. The van der Waals surface area contributed by atoms with Crippen LogP contribution in [0.4, 0.5) is 4.79 Å². The molecule has 26 heavy (non-hydrogen) atoms. The minimum absolute atomic E-state index is 0.00483. The molecule has 1 aromatic heterocycles. The molecule has 7 nitrogen and oxygen atoms in total. The molecule has 1 aromatic rings. The van der Waals surface area contributed by atoms with Crippen LogP contribution in [0.1, 0.15) is 68.2 Å². The van der Waals surface area contributed by atoms with Gasteiger partial charge in [-0.2, -0.15) is 5.10 Å². The highest BCUT2D eigenvalue weighted by Crippen LogP contribution is 2.25. The molecule has 2 aliphatic rings. The number of aryl methyl sites for hydroxylation is 1. The van der Waals surface area contributed by atoms with E-state index in [2.05, 4.69) is 5.10 Å². The highest BCUT2D eigenvalue weighted by Gasteiger charge is 2.33. The van der Waals surface area contributed by atoms with E-state index in [9.17, 15) is 9.59 Å². The van der Waals surface area contributed by atoms with Crippen LogP contribution in [0.3, 0.4) is 0 Å². The largest absolute Gasteiger partial charge is 0.444 e. The van der Waals surface area contributed by atoms with Crippen molar-refractivity contribution in [3.8, 4) is 0 Å². The zero-order chi connectivity index (χ0) is 18.9. The van der Waals surface area contributed by atoms with Gasteiger partial charge in [0.2, 0.25) is 0 Å². The second-order valence-corrected chi connectivity index (χ2v) is 8.26. The van der Waals surface area contributed by atoms with Gasteiger partial charge in [-0.05, 0) is 33.6 Å². The normalized spacial score (nSPS) is 18.3. The molecular weight excluding hydrogens is 332 g/mol. The topological polar surface area (TPSA) is 67.7 Å². The van der Waals surface area contributed by atoms with E-state index in [1.165, 1.54) is 12.8 Å². The van der Waals surface area contributed by atoms with Crippen molar-refractivity contribution in [1.29, 1.82) is 0 Å². The Labute approximate surface area is 155 Å². The first kappa shape index (κ1) is 18.7. The number of fused-ring (bicyclic) bond motifs is 1. The Morgan fingerprint density at radius 1 is 1.00 bits per heavy atom. The number of nitrogens with zero attached hydrogens (tertiary/aromatic N) is 4. The van der Waals surface area contributed by atoms with Gasteiger partial charge in [-0.25, -0.2) is 4.79 Å². The van der Waals surface area contributed by atoms with Crippen LogP contribution in [-0.4, -0.2) is 56.8 Å². The number of hydrogen-bond donors (Lipinski definition) is 0. The van der Waals surface area contributed by atoms with E-state index in [-0.39, 0.29) is 12.0 Å². The Bertz CT molecular complexity index is 682. The molecule has 0 unspecified atom stereocenters. The van der Waals surface area contributed by atoms with Crippen molar-refractivity contribution in [2.45, 2.75) is 65.0 Å². The monoisotopic (exact) mass is 362 g/mol. The lowest BCUT2D eigenvalue weighted by Gasteiger charge is -2.30. The molecule has 0 spiro atoms. The molecule has 0 bridgehead atoms. The van der Waals surface area contributed by atoms with Gasteiger partial charge in [-0.1, -0.05) is 12.8 Å². The van der Waals surface area contributed by atoms with Crippen molar-refractivity contribution in [1.82, 2.24) is 19.6 Å². The van der Waals surface area contributed by atoms with Gasteiger partial charge < -0.3 is 14.5 Å². The van der Waals surface area contributed by atoms with Crippen LogP contribution in [-0.2, 0) is 24.8 Å². The molecule has 3 heterocycles. The Morgan fingerprint density at radius 3 is 2.27 bits per heavy atom. The van der Waals surface area contributed by atoms with Crippen molar-refractivity contribution in [3.63, 3.8) is 0 Å². The fourth-order valence-corrected chi connectivity index (χ4v) is 3.67. The van der Waals surface area contributed by atoms with Crippen LogP contribution < -0.4 is 0 Å². The lowest BCUT2D eigenvalue weighted by molar-refractivity contribution is 0.0221. The standard InChI is InChI=1S/C19H30N4O3/c1-19(2,3)26-18(25)23-12-9-15-14(13-23)16(20-21(15)4)17(24)22-10-7-5-6-8-11-22/h5-13H2,1-4H3. The van der Waals surface area contributed by atoms with E-state index in [1.807, 2.05) is 32.7 Å². The Kier molecular flexibility index (Phi) is 5.25. The number of ether oxygens (including phenoxy) is 1. The van der Waals surface area contributed by atoms with Gasteiger partial charge in [-0.15, -0.1) is 0 Å². The molecule has 0 radical (unpaired) electrons. The van der Waals surface area contributed by atoms with Gasteiger partial charge in [0.1, 0.15) is 5.60 Å². The molecule has 0 aliphatic carbocycles. The average Bonchev–Trinajstić information content (AvgIpc) is 2.76. The fourth-order valence-electron chi connectivity index (χ4n) is 3.67. The first-order valence-corrected chi connectivity index (χ1v) is 9.58. The van der Waals surface area contributed by atoms with E-state index >= 15 is 0 Å². The molecule has 2 aliphatic heterocycles. The molecular formula is C19H30N4O3. The summed E-state index contributed by atoms with van der Waals surface area (Å²) in [7, 11) is 1.88. The van der Waals surface area contributed by atoms with Crippen molar-refractivity contribution in [2.24, 2.45) is 7.05 Å². The predicted octanol–water partition coefficient (Wildman–Crippen LogP) is 2.73. The zero-order valence-electron chi connectivity index (χ0n) is 16.4. The van der Waals surface area contributed by atoms with Crippen LogP contribution >= 0.6 is 0 Å². The van der Waals surface area contributed by atoms with E-state index in [1.54, 1.807) is 9.58 Å². The smallest absolute Gasteiger partial charge is 0.410 e. The summed E-state index contributed by atoms with van der Waals surface area (Å²) in [6.07, 6.45) is 4.80. The fraction of sp³-hybridized carbons (Fsp3) is 0.737. The summed E-state index contributed by atoms with van der Waals surface area (Å²) in [5.74, 6) is -0.00483. The van der Waals surface area contributed by atoms with Gasteiger partial charge in [0, 0.05) is 44.4 Å². The van der Waals surface area contributed by atoms with Crippen molar-refractivity contribution >= 4 is 12.0 Å². The molecule has 0 aromatic carbocycles. The number of amides is 2. The first-order chi connectivity index (χ1) is 12.3. The lowest BCUT2D eigenvalue weighted by atomic mass is 10.0. The maximum Gasteiger partial charge on any atom is 0.410 e. The first-order valence-electron chi connectivity index (χ1n) is 9.58. The Balaban J connectivity index is 1.80. The number of carbonyl (C=O) groups excluding carboxylic acids is 2. The quantitative estimate of drug-likeness (QED) is 0.770. The molecule has 144 valence electrons. The summed E-state index contributed by atoms with van der Waals surface area (Å²) < 4.78 is 7.30. The summed E-state index contributed by atoms with van der Waals surface area (Å²) in [5, 5.41) is 4.51. The molecule has 1 saturated heterocycles. The third-order valence-electron chi connectivity index (χ3n) is 4.99. The molecule has 7 heteroatoms. The van der Waals surface area contributed by atoms with Crippen LogP contribution in [0, 0.1) is 0 Å². The Morgan fingerprint density at radius 2 is 1.65 bits per heavy atom. The Hall–Kier alpha value is -2.05. The number of aromatic nitrogens is 2. The van der Waals surface area contributed by atoms with Crippen molar-refractivity contribution in [2.75, 3.05) is 19.6 Å². The van der Waals surface area contributed by atoms with E-state index in [0.29, 0.717) is 25.2 Å². The molecule has 1 fully saturated rings. The highest BCUT2D eigenvalue weighted by atomic mass is 16.6. The summed E-state index contributed by atoms with van der Waals surface area (Å²) >= 11 is 0. The van der Waals surface area contributed by atoms with Crippen molar-refractivity contribution in [3.05, 3.63) is 17.0 Å². The molecule has 0 saturated carbocycles. The predicted molar refractivity (Wildman–Crippen MR) is 97.9 cm³/mol. The number of rotatable bonds is 1. The van der Waals surface area contributed by atoms with E-state index < -0.39 is 5.60 Å². The molecule has 0 atom stereocenters. The van der Waals surface area contributed by atoms with Gasteiger partial charge in [-0.3, -0.25) is 9.48 Å². The second kappa shape index (κ2) is 7.29. The third-order valence-corrected chi connectivity index (χ3v) is 4.99. The van der Waals surface area contributed by atoms with E-state index in [4.69, 9.17) is 4.74 Å². The minimum Gasteiger partial charge on any atom is -0.444 e. The van der Waals surface area contributed by atoms with Crippen LogP contribution in [0.25, 0.3) is 0 Å². The lowest BCUT2D eigenvalue weighted by Crippen LogP contribution is -2.40. The van der Waals surface area contributed by atoms with Crippen LogP contribution in [0.2, 0.25) is 0 Å². The van der Waals surface area contributed by atoms with Crippen LogP contribution in [0.15, 0.2) is 0 Å². The summed E-state index contributed by atoms with van der Waals surface area (Å²) in [6.45, 7) is 8.13. The van der Waals surface area contributed by atoms with Gasteiger partial charge in [0.25, 0.3) is 5.91 Å². The summed E-state index contributed by atoms with van der Waals surface area (Å²) in [5.41, 5.74) is 1.89. The van der Waals surface area contributed by atoms with E-state index in [0.717, 1.165) is 37.2 Å². The molecule has 2 amide bonds. The van der Waals surface area contributed by atoms with Crippen LogP contribution in [0.5, 0.6) is 0 Å². The van der Waals surface area contributed by atoms with Crippen molar-refractivity contribution < 1.29 is 14.3 Å². The number of hydrogen-bond acceptors (Lipinski definition) is 4. The average molecular weight is 362 g/mol. The minimum atomic E-state index is -0.531. The van der Waals surface area contributed by atoms with Gasteiger partial charge >= 0.3 is 6.09 Å². The molecule has 3 rings (SSSR count). The molecule has 0 N–H and O–H groups in total. The third kappa shape index (κ3) is 4.02. The maximum absolute atomic E-state index is 13.1. The number of carbonyl (C=O) groups is 2.